The third-order valence-corrected chi connectivity index (χ3v) is 11.1. The van der Waals surface area contributed by atoms with Gasteiger partial charge in [0.05, 0.1) is 47.7 Å². The molecule has 0 fully saturated rings. The van der Waals surface area contributed by atoms with Gasteiger partial charge in [-0.05, 0) is 103 Å². The normalized spacial score (nSPS) is 10.2. The van der Waals surface area contributed by atoms with Gasteiger partial charge in [-0.1, -0.05) is 91.0 Å². The van der Waals surface area contributed by atoms with Crippen molar-refractivity contribution in [1.82, 2.24) is 5.43 Å². The van der Waals surface area contributed by atoms with Gasteiger partial charge in [-0.2, -0.15) is 5.10 Å². The number of aromatic hydroxyl groups is 1. The fourth-order valence-corrected chi connectivity index (χ4v) is 6.87. The molecule has 0 spiro atoms. The molecule has 1 heterocycles. The average Bonchev–Trinajstić information content (AvgIpc) is 4.08. The van der Waals surface area contributed by atoms with Crippen molar-refractivity contribution in [3.05, 3.63) is 203 Å². The van der Waals surface area contributed by atoms with E-state index in [0.717, 1.165) is 22.3 Å². The molecular weight excluding hydrogens is 1140 g/mol. The minimum absolute atomic E-state index is 0. The smallest absolute Gasteiger partial charge is 0.662 e. The van der Waals surface area contributed by atoms with E-state index in [9.17, 15) is 29.1 Å². The standard InChI is InChI=1S/C18H18O5.C17H16N2O3.C16H16O3.C9H10O3.CH2O3.2K.H4N2/c1-21-17-10-14(15(19)11-18(20)22-2)8-9-16(17)23-12-13-6-4-3-5-7-13;1-21-16-9-13(14-10-17(20)19-18-14)7-8-15(16)22-11-12-5-3-2-4-6-12;1-12(17)14-8-9-15(16(10-14)18-2)19-11-13-6-4-3-5-7-13;1-6(10)7-3-4-8(11)9(5-7)12-2;2-1-4-3;;;1-2/h3-10H,11-12H2,1-2H3;2-9H,10-11H2,1H3,(H,19,20);3-10H,11H2,1-2H3;3-5,11H,1-2H3;1,3H;;;1-2H2/q;;;;;;+1;/p-1. The Labute approximate surface area is 572 Å². The predicted molar refractivity (Wildman–Crippen MR) is 308 cm³/mol. The zero-order chi connectivity index (χ0) is 60.2. The number of ketones is 3. The number of phenols is 1. The van der Waals surface area contributed by atoms with Gasteiger partial charge in [-0.25, -0.2) is 5.43 Å². The molecule has 7 aromatic rings. The summed E-state index contributed by atoms with van der Waals surface area (Å²) in [6.07, 6.45) is -0.0166. The molecule has 0 unspecified atom stereocenters. The van der Waals surface area contributed by atoms with E-state index in [1.165, 1.54) is 47.3 Å². The van der Waals surface area contributed by atoms with Crippen LogP contribution < -0.4 is 107 Å². The van der Waals surface area contributed by atoms with E-state index in [0.29, 0.717) is 82.5 Å². The number of hydrazine groups is 1. The SMILES string of the molecule is COC(=O)CC(=O)c1ccc(OCc2ccccc2)c(OC)c1.COc1cc(C(C)=O)ccc1O.COc1cc(C(C)=O)ccc1OCc1ccccc1.COc1cc(C2=NNC(=O)C2)ccc1OCc1ccccc1.NN.O=CO[O-].[K+].[K]. The molecule has 6 N–H and O–H groups in total. The number of phenolic OH excluding ortho intramolecular Hbond substituents is 1. The molecule has 0 aromatic heterocycles. The van der Waals surface area contributed by atoms with Crippen LogP contribution in [0.15, 0.2) is 169 Å². The first-order valence-corrected chi connectivity index (χ1v) is 24.6. The maximum Gasteiger partial charge on any atom is 1.00 e. The van der Waals surface area contributed by atoms with Crippen molar-refractivity contribution in [3.8, 4) is 46.0 Å². The molecule has 23 heteroatoms. The summed E-state index contributed by atoms with van der Waals surface area (Å²) in [5.74, 6) is 10.8. The number of esters is 1. The third-order valence-electron chi connectivity index (χ3n) is 11.1. The molecule has 0 saturated heterocycles. The number of carbonyl (C=O) groups is 6. The number of amides is 1. The van der Waals surface area contributed by atoms with Crippen LogP contribution in [0.1, 0.15) is 80.0 Å². The Morgan fingerprint density at radius 3 is 1.30 bits per heavy atom. The van der Waals surface area contributed by atoms with Gasteiger partial charge < -0.3 is 53.1 Å². The van der Waals surface area contributed by atoms with Gasteiger partial charge in [0.15, 0.2) is 63.3 Å². The molecule has 1 radical (unpaired) electrons. The number of nitrogens with one attached hydrogen (secondary N) is 1. The summed E-state index contributed by atoms with van der Waals surface area (Å²) >= 11 is 0. The molecule has 8 rings (SSSR count). The summed E-state index contributed by atoms with van der Waals surface area (Å²) < 4.78 is 42.5. The van der Waals surface area contributed by atoms with Crippen LogP contribution in [-0.2, 0) is 43.8 Å². The van der Waals surface area contributed by atoms with Crippen LogP contribution in [0.2, 0.25) is 0 Å². The topological polar surface area (TPSA) is 305 Å². The Balaban J connectivity index is 0.000000548. The Hall–Kier alpha value is -6.82. The maximum absolute atomic E-state index is 12.0. The molecule has 0 atom stereocenters. The van der Waals surface area contributed by atoms with Crippen molar-refractivity contribution in [1.29, 1.82) is 0 Å². The molecule has 1 aliphatic rings. The summed E-state index contributed by atoms with van der Waals surface area (Å²) in [6, 6.07) is 49.6. The summed E-state index contributed by atoms with van der Waals surface area (Å²) in [4.78, 5) is 67.8. The minimum Gasteiger partial charge on any atom is -0.662 e. The van der Waals surface area contributed by atoms with E-state index in [1.807, 2.05) is 109 Å². The summed E-state index contributed by atoms with van der Waals surface area (Å²) in [6.45, 7) is 4.14. The fourth-order valence-electron chi connectivity index (χ4n) is 6.87. The first-order chi connectivity index (χ1) is 39.7. The molecule has 1 amide bonds. The second kappa shape index (κ2) is 42.9. The van der Waals surface area contributed by atoms with Crippen molar-refractivity contribution in [2.24, 2.45) is 16.8 Å². The molecule has 21 nitrogen and oxygen atoms in total. The van der Waals surface area contributed by atoms with Crippen molar-refractivity contribution in [2.45, 2.75) is 46.5 Å². The number of hydrogen-bond donors (Lipinski definition) is 4. The molecule has 7 aromatic carbocycles. The van der Waals surface area contributed by atoms with Crippen molar-refractivity contribution >= 4 is 92.8 Å². The number of Topliss-reactive ketones (excluding diaryl/α,β-unsaturated/α-hetero) is 3. The van der Waals surface area contributed by atoms with Crippen LogP contribution in [0.5, 0.6) is 46.0 Å². The Morgan fingerprint density at radius 1 is 0.560 bits per heavy atom. The van der Waals surface area contributed by atoms with Gasteiger partial charge in [0.1, 0.15) is 26.2 Å². The predicted octanol–water partition coefficient (Wildman–Crippen LogP) is 4.48. The monoisotopic (exact) mass is 1200 g/mol. The fraction of sp³-hybridized carbons (Fsp3) is 0.197. The number of hydrazone groups is 1. The van der Waals surface area contributed by atoms with Crippen LogP contribution >= 0.6 is 0 Å². The van der Waals surface area contributed by atoms with Crippen LogP contribution in [0.25, 0.3) is 0 Å². The van der Waals surface area contributed by atoms with Crippen LogP contribution in [0.3, 0.4) is 0 Å². The minimum atomic E-state index is -0.571. The molecule has 433 valence electrons. The number of rotatable bonds is 20. The van der Waals surface area contributed by atoms with Crippen molar-refractivity contribution in [3.63, 3.8) is 0 Å². The Kier molecular flexibility index (Phi) is 38.4. The second-order valence-corrected chi connectivity index (χ2v) is 16.6. The van der Waals surface area contributed by atoms with Gasteiger partial charge in [-0.15, -0.1) is 0 Å². The van der Waals surface area contributed by atoms with E-state index < -0.39 is 5.97 Å². The molecule has 1 aliphatic heterocycles. The van der Waals surface area contributed by atoms with E-state index in [4.69, 9.17) is 43.2 Å². The van der Waals surface area contributed by atoms with E-state index >= 15 is 0 Å². The van der Waals surface area contributed by atoms with Gasteiger partial charge in [0.25, 0.3) is 6.47 Å². The van der Waals surface area contributed by atoms with Crippen molar-refractivity contribution in [2.75, 3.05) is 35.5 Å². The Morgan fingerprint density at radius 2 is 0.929 bits per heavy atom. The zero-order valence-electron chi connectivity index (χ0n) is 48.3. The molecule has 0 aliphatic carbocycles. The Bertz CT molecular complexity index is 3170. The number of benzene rings is 7. The van der Waals surface area contributed by atoms with E-state index in [-0.39, 0.29) is 151 Å². The summed E-state index contributed by atoms with van der Waals surface area (Å²) in [5.41, 5.74) is 8.72. The molecule has 0 saturated carbocycles. The third kappa shape index (κ3) is 26.8. The largest absolute Gasteiger partial charge is 1.00 e. The molecular formula is C61H65K2N4O17. The zero-order valence-corrected chi connectivity index (χ0v) is 54.5. The summed E-state index contributed by atoms with van der Waals surface area (Å²) in [5, 5.41) is 21.6. The number of nitrogens with two attached hydrogens (primary N) is 2. The van der Waals surface area contributed by atoms with Crippen LogP contribution in [-0.4, -0.2) is 133 Å². The van der Waals surface area contributed by atoms with Gasteiger partial charge in [-0.3, -0.25) is 40.5 Å². The van der Waals surface area contributed by atoms with Gasteiger partial charge in [0, 0.05) is 73.6 Å². The summed E-state index contributed by atoms with van der Waals surface area (Å²) in [7, 11) is 7.35. The number of hydrogen-bond acceptors (Lipinski definition) is 20. The number of nitrogens with zero attached hydrogens (tertiary/aromatic N) is 1. The maximum atomic E-state index is 12.0. The molecule has 84 heavy (non-hydrogen) atoms. The number of ether oxygens (including phenoxy) is 8. The molecule has 0 bridgehead atoms. The number of carbonyl (C=O) groups excluding carboxylic acids is 6. The second-order valence-electron chi connectivity index (χ2n) is 16.6. The van der Waals surface area contributed by atoms with Crippen LogP contribution in [0.4, 0.5) is 0 Å². The van der Waals surface area contributed by atoms with E-state index in [2.05, 4.69) is 31.8 Å². The quantitative estimate of drug-likeness (QED) is 0.0120. The first-order valence-electron chi connectivity index (χ1n) is 24.6. The van der Waals surface area contributed by atoms with Crippen LogP contribution in [0, 0.1) is 0 Å². The van der Waals surface area contributed by atoms with Crippen molar-refractivity contribution < 1.29 is 133 Å². The van der Waals surface area contributed by atoms with E-state index in [1.54, 1.807) is 56.7 Å². The first kappa shape index (κ1) is 75.2. The van der Waals surface area contributed by atoms with Gasteiger partial charge >= 0.3 is 57.4 Å². The van der Waals surface area contributed by atoms with Gasteiger partial charge in [0.2, 0.25) is 5.91 Å². The number of methoxy groups -OCH3 is 5. The average molecular weight is 1200 g/mol.